The van der Waals surface area contributed by atoms with Gasteiger partial charge in [-0.15, -0.1) is 0 Å². The molecule has 2 aliphatic rings. The van der Waals surface area contributed by atoms with Gasteiger partial charge >= 0.3 is 5.97 Å². The maximum Gasteiger partial charge on any atom is 0.312 e. The Morgan fingerprint density at radius 2 is 2.25 bits per heavy atom. The molecule has 0 aromatic rings. The van der Waals surface area contributed by atoms with E-state index in [4.69, 9.17) is 9.84 Å². The summed E-state index contributed by atoms with van der Waals surface area (Å²) in [7, 11) is 0. The molecule has 3 nitrogen and oxygen atoms in total. The molecule has 0 radical (unpaired) electrons. The summed E-state index contributed by atoms with van der Waals surface area (Å²) in [6, 6.07) is 0. The summed E-state index contributed by atoms with van der Waals surface area (Å²) in [5.74, 6) is -0.175. The van der Waals surface area contributed by atoms with Crippen LogP contribution in [0.15, 0.2) is 0 Å². The summed E-state index contributed by atoms with van der Waals surface area (Å²) in [5.41, 5.74) is -0.610. The summed E-state index contributed by atoms with van der Waals surface area (Å²) in [6.45, 7) is 2.43. The SMILES string of the molecule is CC1(C(=O)O)CCOC1C1CC1. The molecule has 12 heavy (non-hydrogen) atoms. The van der Waals surface area contributed by atoms with Crippen molar-refractivity contribution in [1.29, 1.82) is 0 Å². The molecule has 2 fully saturated rings. The van der Waals surface area contributed by atoms with E-state index in [2.05, 4.69) is 0 Å². The molecule has 1 aliphatic heterocycles. The van der Waals surface area contributed by atoms with Crippen molar-refractivity contribution in [3.8, 4) is 0 Å². The highest BCUT2D eigenvalue weighted by atomic mass is 16.5. The number of rotatable bonds is 2. The Morgan fingerprint density at radius 1 is 1.58 bits per heavy atom. The molecule has 1 heterocycles. The molecule has 2 unspecified atom stereocenters. The van der Waals surface area contributed by atoms with Crippen molar-refractivity contribution in [2.75, 3.05) is 6.61 Å². The molecular formula is C9H14O3. The fourth-order valence-corrected chi connectivity index (χ4v) is 2.01. The van der Waals surface area contributed by atoms with Crippen LogP contribution >= 0.6 is 0 Å². The molecule has 68 valence electrons. The first kappa shape index (κ1) is 8.05. The Hall–Kier alpha value is -0.570. The van der Waals surface area contributed by atoms with Crippen LogP contribution < -0.4 is 0 Å². The number of aliphatic carboxylic acids is 1. The van der Waals surface area contributed by atoms with E-state index in [1.807, 2.05) is 6.92 Å². The maximum atomic E-state index is 11.0. The first-order chi connectivity index (χ1) is 5.64. The van der Waals surface area contributed by atoms with Crippen LogP contribution in [-0.2, 0) is 9.53 Å². The smallest absolute Gasteiger partial charge is 0.312 e. The molecular weight excluding hydrogens is 156 g/mol. The zero-order valence-electron chi connectivity index (χ0n) is 7.25. The monoisotopic (exact) mass is 170 g/mol. The maximum absolute atomic E-state index is 11.0. The molecule has 1 aliphatic carbocycles. The van der Waals surface area contributed by atoms with Crippen molar-refractivity contribution < 1.29 is 14.6 Å². The molecule has 0 spiro atoms. The van der Waals surface area contributed by atoms with Gasteiger partial charge in [0.25, 0.3) is 0 Å². The van der Waals surface area contributed by atoms with Gasteiger partial charge < -0.3 is 9.84 Å². The summed E-state index contributed by atoms with van der Waals surface area (Å²) in [6.07, 6.45) is 2.94. The lowest BCUT2D eigenvalue weighted by Crippen LogP contribution is -2.37. The van der Waals surface area contributed by atoms with Crippen LogP contribution in [0.5, 0.6) is 0 Å². The van der Waals surface area contributed by atoms with Crippen molar-refractivity contribution >= 4 is 5.97 Å². The van der Waals surface area contributed by atoms with Crippen molar-refractivity contribution in [2.45, 2.75) is 32.3 Å². The first-order valence-corrected chi connectivity index (χ1v) is 4.49. The van der Waals surface area contributed by atoms with Crippen molar-refractivity contribution in [1.82, 2.24) is 0 Å². The number of ether oxygens (including phenoxy) is 1. The van der Waals surface area contributed by atoms with Gasteiger partial charge in [-0.1, -0.05) is 0 Å². The van der Waals surface area contributed by atoms with E-state index in [1.165, 1.54) is 0 Å². The molecule has 2 atom stereocenters. The molecule has 1 saturated heterocycles. The van der Waals surface area contributed by atoms with Crippen molar-refractivity contribution in [2.24, 2.45) is 11.3 Å². The Labute approximate surface area is 71.7 Å². The average Bonchev–Trinajstić information content (AvgIpc) is 2.76. The minimum atomic E-state index is -0.697. The van der Waals surface area contributed by atoms with Gasteiger partial charge in [0, 0.05) is 6.61 Å². The highest BCUT2D eigenvalue weighted by Crippen LogP contribution is 2.47. The quantitative estimate of drug-likeness (QED) is 0.679. The van der Waals surface area contributed by atoms with E-state index in [0.717, 1.165) is 12.8 Å². The molecule has 0 aromatic heterocycles. The van der Waals surface area contributed by atoms with Gasteiger partial charge in [0.2, 0.25) is 0 Å². The van der Waals surface area contributed by atoms with Crippen molar-refractivity contribution in [3.05, 3.63) is 0 Å². The lowest BCUT2D eigenvalue weighted by atomic mass is 9.81. The zero-order chi connectivity index (χ0) is 8.77. The van der Waals surface area contributed by atoms with E-state index < -0.39 is 11.4 Å². The van der Waals surface area contributed by atoms with Crippen molar-refractivity contribution in [3.63, 3.8) is 0 Å². The number of carboxylic acids is 1. The molecule has 0 bridgehead atoms. The fraction of sp³-hybridized carbons (Fsp3) is 0.889. The topological polar surface area (TPSA) is 46.5 Å². The van der Waals surface area contributed by atoms with E-state index in [-0.39, 0.29) is 6.10 Å². The van der Waals surface area contributed by atoms with Gasteiger partial charge in [0.05, 0.1) is 11.5 Å². The van der Waals surface area contributed by atoms with E-state index in [0.29, 0.717) is 18.9 Å². The third kappa shape index (κ3) is 1.04. The van der Waals surface area contributed by atoms with Gasteiger partial charge in [0.1, 0.15) is 0 Å². The van der Waals surface area contributed by atoms with Gasteiger partial charge in [0.15, 0.2) is 0 Å². The largest absolute Gasteiger partial charge is 0.481 e. The summed E-state index contributed by atoms with van der Waals surface area (Å²) >= 11 is 0. The number of hydrogen-bond acceptors (Lipinski definition) is 2. The third-order valence-corrected chi connectivity index (χ3v) is 3.09. The highest BCUT2D eigenvalue weighted by Gasteiger charge is 2.52. The first-order valence-electron chi connectivity index (χ1n) is 4.49. The Bertz CT molecular complexity index is 210. The summed E-state index contributed by atoms with van der Waals surface area (Å²) in [5, 5.41) is 9.04. The molecule has 0 aromatic carbocycles. The van der Waals surface area contributed by atoms with Crippen LogP contribution in [0.2, 0.25) is 0 Å². The number of carboxylic acid groups (broad SMARTS) is 1. The average molecular weight is 170 g/mol. The number of carbonyl (C=O) groups is 1. The van der Waals surface area contributed by atoms with Gasteiger partial charge in [-0.25, -0.2) is 0 Å². The Balaban J connectivity index is 2.16. The third-order valence-electron chi connectivity index (χ3n) is 3.09. The minimum absolute atomic E-state index is 0.0185. The van der Waals surface area contributed by atoms with E-state index in [9.17, 15) is 4.79 Å². The van der Waals surface area contributed by atoms with Crippen LogP contribution in [0, 0.1) is 11.3 Å². The second kappa shape index (κ2) is 2.46. The number of hydrogen-bond donors (Lipinski definition) is 1. The van der Waals surface area contributed by atoms with Crippen LogP contribution in [0.4, 0.5) is 0 Å². The standard InChI is InChI=1S/C9H14O3/c1-9(8(10)11)4-5-12-7(9)6-2-3-6/h6-7H,2-5H2,1H3,(H,10,11). The molecule has 0 amide bonds. The lowest BCUT2D eigenvalue weighted by Gasteiger charge is -2.24. The predicted octanol–water partition coefficient (Wildman–Crippen LogP) is 1.28. The van der Waals surface area contributed by atoms with E-state index >= 15 is 0 Å². The van der Waals surface area contributed by atoms with Crippen LogP contribution in [0.1, 0.15) is 26.2 Å². The second-order valence-corrected chi connectivity index (χ2v) is 4.10. The molecule has 1 saturated carbocycles. The predicted molar refractivity (Wildman–Crippen MR) is 42.8 cm³/mol. The van der Waals surface area contributed by atoms with Gasteiger partial charge in [-0.05, 0) is 32.1 Å². The molecule has 2 rings (SSSR count). The molecule has 1 N–H and O–H groups in total. The highest BCUT2D eigenvalue weighted by molar-refractivity contribution is 5.75. The van der Waals surface area contributed by atoms with Crippen LogP contribution in [-0.4, -0.2) is 23.8 Å². The van der Waals surface area contributed by atoms with Gasteiger partial charge in [-0.3, -0.25) is 4.79 Å². The second-order valence-electron chi connectivity index (χ2n) is 4.10. The van der Waals surface area contributed by atoms with Crippen LogP contribution in [0.3, 0.4) is 0 Å². The normalized spacial score (nSPS) is 41.6. The zero-order valence-corrected chi connectivity index (χ0v) is 7.25. The minimum Gasteiger partial charge on any atom is -0.481 e. The Morgan fingerprint density at radius 3 is 2.75 bits per heavy atom. The summed E-state index contributed by atoms with van der Waals surface area (Å²) in [4.78, 5) is 11.0. The van der Waals surface area contributed by atoms with Crippen LogP contribution in [0.25, 0.3) is 0 Å². The Kier molecular flexibility index (Phi) is 1.65. The summed E-state index contributed by atoms with van der Waals surface area (Å²) < 4.78 is 5.47. The van der Waals surface area contributed by atoms with Gasteiger partial charge in [-0.2, -0.15) is 0 Å². The van der Waals surface area contributed by atoms with E-state index in [1.54, 1.807) is 0 Å². The molecule has 3 heteroatoms. The lowest BCUT2D eigenvalue weighted by molar-refractivity contribution is -0.151. The fourth-order valence-electron chi connectivity index (χ4n) is 2.01.